The van der Waals surface area contributed by atoms with Crippen molar-refractivity contribution in [2.24, 2.45) is 0 Å². The predicted octanol–water partition coefficient (Wildman–Crippen LogP) is 5.13. The molecule has 4 rings (SSSR count). The number of halogens is 3. The van der Waals surface area contributed by atoms with Gasteiger partial charge in [0.25, 0.3) is 0 Å². The zero-order valence-corrected chi connectivity index (χ0v) is 18.8. The van der Waals surface area contributed by atoms with E-state index in [1.54, 1.807) is 30.3 Å². The molecule has 6 nitrogen and oxygen atoms in total. The Bertz CT molecular complexity index is 1370. The average Bonchev–Trinajstić information content (AvgIpc) is 2.77. The molecule has 2 N–H and O–H groups in total. The Morgan fingerprint density at radius 3 is 2.25 bits per heavy atom. The van der Waals surface area contributed by atoms with Gasteiger partial charge in [0, 0.05) is 34.1 Å². The van der Waals surface area contributed by atoms with Gasteiger partial charge in [-0.15, -0.1) is 0 Å². The van der Waals surface area contributed by atoms with E-state index < -0.39 is 15.8 Å². The van der Waals surface area contributed by atoms with E-state index in [-0.39, 0.29) is 18.0 Å². The predicted molar refractivity (Wildman–Crippen MR) is 125 cm³/mol. The molecule has 0 unspecified atom stereocenters. The first kappa shape index (κ1) is 22.4. The minimum Gasteiger partial charge on any atom is -0.368 e. The zero-order chi connectivity index (χ0) is 22.7. The van der Waals surface area contributed by atoms with E-state index in [0.29, 0.717) is 27.2 Å². The Kier molecular flexibility index (Phi) is 6.57. The monoisotopic (exact) mass is 490 g/mol. The molecule has 0 spiro atoms. The summed E-state index contributed by atoms with van der Waals surface area (Å²) >= 11 is 12.1. The Morgan fingerprint density at radius 1 is 0.844 bits per heavy atom. The van der Waals surface area contributed by atoms with E-state index in [4.69, 9.17) is 23.2 Å². The van der Waals surface area contributed by atoms with Crippen LogP contribution in [0.25, 0.3) is 22.3 Å². The number of aromatic nitrogens is 2. The van der Waals surface area contributed by atoms with Crippen LogP contribution in [0, 0.1) is 5.82 Å². The molecule has 0 amide bonds. The fraction of sp³-hybridized carbons (Fsp3) is 0.0909. The number of fused-ring (bicyclic) bond motifs is 1. The summed E-state index contributed by atoms with van der Waals surface area (Å²) in [5, 5.41) is 5.04. The van der Waals surface area contributed by atoms with Crippen molar-refractivity contribution in [1.29, 1.82) is 0 Å². The number of hydrogen-bond acceptors (Lipinski definition) is 5. The van der Waals surface area contributed by atoms with Gasteiger partial charge >= 0.3 is 0 Å². The van der Waals surface area contributed by atoms with Crippen LogP contribution in [0.15, 0.2) is 71.6 Å². The van der Waals surface area contributed by atoms with Crippen molar-refractivity contribution in [3.63, 3.8) is 0 Å². The fourth-order valence-corrected chi connectivity index (χ4v) is 4.35. The highest BCUT2D eigenvalue weighted by atomic mass is 35.5. The third kappa shape index (κ3) is 5.16. The van der Waals surface area contributed by atoms with Crippen LogP contribution in [-0.2, 0) is 10.0 Å². The van der Waals surface area contributed by atoms with E-state index in [2.05, 4.69) is 20.0 Å². The highest BCUT2D eigenvalue weighted by Crippen LogP contribution is 2.27. The van der Waals surface area contributed by atoms with Crippen molar-refractivity contribution in [2.45, 2.75) is 4.90 Å². The third-order valence-electron chi connectivity index (χ3n) is 4.59. The lowest BCUT2D eigenvalue weighted by atomic mass is 10.2. The summed E-state index contributed by atoms with van der Waals surface area (Å²) < 4.78 is 40.2. The van der Waals surface area contributed by atoms with Gasteiger partial charge in [0.05, 0.1) is 10.4 Å². The number of nitrogens with zero attached hydrogens (tertiary/aromatic N) is 2. The molecule has 0 radical (unpaired) electrons. The lowest BCUT2D eigenvalue weighted by molar-refractivity contribution is 0.582. The number of hydrogen-bond donors (Lipinski definition) is 2. The lowest BCUT2D eigenvalue weighted by Crippen LogP contribution is -2.29. The van der Waals surface area contributed by atoms with E-state index in [1.165, 1.54) is 12.1 Å². The maximum absolute atomic E-state index is 13.0. The SMILES string of the molecule is O=S(=O)(NCCNc1nc(-c2ccc(Cl)cc2)nc2cc(Cl)ccc12)c1ccc(F)cc1. The Hall–Kier alpha value is -2.78. The molecular weight excluding hydrogens is 474 g/mol. The van der Waals surface area contributed by atoms with Crippen LogP contribution >= 0.6 is 23.2 Å². The standard InChI is InChI=1S/C22H17Cl2FN4O2S/c23-15-3-1-14(2-4-15)21-28-20-13-16(24)5-10-19(20)22(29-21)26-11-12-27-32(30,31)18-8-6-17(25)7-9-18/h1-10,13,27H,11-12H2,(H,26,28,29). The van der Waals surface area contributed by atoms with Gasteiger partial charge in [-0.3, -0.25) is 0 Å². The second-order valence-electron chi connectivity index (χ2n) is 6.84. The van der Waals surface area contributed by atoms with Gasteiger partial charge in [0.2, 0.25) is 10.0 Å². The molecule has 0 bridgehead atoms. The van der Waals surface area contributed by atoms with Gasteiger partial charge in [-0.25, -0.2) is 27.5 Å². The molecule has 1 aromatic heterocycles. The van der Waals surface area contributed by atoms with Crippen molar-refractivity contribution >= 4 is 49.9 Å². The summed E-state index contributed by atoms with van der Waals surface area (Å²) in [7, 11) is -3.75. The second-order valence-corrected chi connectivity index (χ2v) is 9.48. The highest BCUT2D eigenvalue weighted by molar-refractivity contribution is 7.89. The van der Waals surface area contributed by atoms with Crippen molar-refractivity contribution < 1.29 is 12.8 Å². The molecule has 10 heteroatoms. The Balaban J connectivity index is 1.54. The van der Waals surface area contributed by atoms with Crippen LogP contribution in [0.2, 0.25) is 10.0 Å². The molecule has 0 saturated heterocycles. The fourth-order valence-electron chi connectivity index (χ4n) is 3.03. The van der Waals surface area contributed by atoms with E-state index >= 15 is 0 Å². The topological polar surface area (TPSA) is 84.0 Å². The first-order chi connectivity index (χ1) is 15.3. The molecule has 164 valence electrons. The number of benzene rings is 3. The number of nitrogens with one attached hydrogen (secondary N) is 2. The van der Waals surface area contributed by atoms with Crippen LogP contribution in [0.4, 0.5) is 10.2 Å². The first-order valence-corrected chi connectivity index (χ1v) is 11.8. The molecule has 1 heterocycles. The summed E-state index contributed by atoms with van der Waals surface area (Å²) in [6.45, 7) is 0.351. The maximum atomic E-state index is 13.0. The van der Waals surface area contributed by atoms with Gasteiger partial charge < -0.3 is 5.32 Å². The zero-order valence-electron chi connectivity index (χ0n) is 16.5. The summed E-state index contributed by atoms with van der Waals surface area (Å²) in [5.74, 6) is 0.515. The van der Waals surface area contributed by atoms with Gasteiger partial charge in [-0.05, 0) is 66.7 Å². The van der Waals surface area contributed by atoms with Crippen LogP contribution in [0.3, 0.4) is 0 Å². The molecular formula is C22H17Cl2FN4O2S. The van der Waals surface area contributed by atoms with Gasteiger partial charge in [0.15, 0.2) is 5.82 Å². The molecule has 3 aromatic carbocycles. The first-order valence-electron chi connectivity index (χ1n) is 9.54. The highest BCUT2D eigenvalue weighted by Gasteiger charge is 2.14. The average molecular weight is 491 g/mol. The van der Waals surface area contributed by atoms with E-state index in [9.17, 15) is 12.8 Å². The second kappa shape index (κ2) is 9.38. The van der Waals surface area contributed by atoms with Crippen LogP contribution in [-0.4, -0.2) is 31.5 Å². The van der Waals surface area contributed by atoms with Crippen LogP contribution in [0.5, 0.6) is 0 Å². The van der Waals surface area contributed by atoms with Gasteiger partial charge in [-0.1, -0.05) is 23.2 Å². The molecule has 0 fully saturated rings. The maximum Gasteiger partial charge on any atom is 0.240 e. The summed E-state index contributed by atoms with van der Waals surface area (Å²) in [4.78, 5) is 9.19. The third-order valence-corrected chi connectivity index (χ3v) is 6.56. The molecule has 0 atom stereocenters. The molecule has 0 aliphatic heterocycles. The summed E-state index contributed by atoms with van der Waals surface area (Å²) in [6.07, 6.45) is 0. The largest absolute Gasteiger partial charge is 0.368 e. The number of sulfonamides is 1. The minimum atomic E-state index is -3.75. The minimum absolute atomic E-state index is 0.00828. The number of anilines is 1. The van der Waals surface area contributed by atoms with Gasteiger partial charge in [-0.2, -0.15) is 0 Å². The molecule has 0 aliphatic rings. The number of rotatable bonds is 7. The van der Waals surface area contributed by atoms with Crippen molar-refractivity contribution in [3.8, 4) is 11.4 Å². The smallest absolute Gasteiger partial charge is 0.240 e. The van der Waals surface area contributed by atoms with Gasteiger partial charge in [0.1, 0.15) is 11.6 Å². The quantitative estimate of drug-likeness (QED) is 0.350. The molecule has 0 aliphatic carbocycles. The molecule has 4 aromatic rings. The van der Waals surface area contributed by atoms with Crippen molar-refractivity contribution in [3.05, 3.63) is 82.6 Å². The van der Waals surface area contributed by atoms with E-state index in [1.807, 2.05) is 12.1 Å². The Labute approximate surface area is 194 Å². The van der Waals surface area contributed by atoms with Crippen LogP contribution < -0.4 is 10.0 Å². The molecule has 32 heavy (non-hydrogen) atoms. The Morgan fingerprint density at radius 2 is 1.53 bits per heavy atom. The van der Waals surface area contributed by atoms with Crippen molar-refractivity contribution in [2.75, 3.05) is 18.4 Å². The summed E-state index contributed by atoms with van der Waals surface area (Å²) in [6, 6.07) is 17.0. The van der Waals surface area contributed by atoms with Crippen LogP contribution in [0.1, 0.15) is 0 Å². The van der Waals surface area contributed by atoms with E-state index in [0.717, 1.165) is 23.1 Å². The summed E-state index contributed by atoms with van der Waals surface area (Å²) in [5.41, 5.74) is 1.42. The normalized spacial score (nSPS) is 11.6. The van der Waals surface area contributed by atoms with Crippen molar-refractivity contribution in [1.82, 2.24) is 14.7 Å². The molecule has 0 saturated carbocycles. The lowest BCUT2D eigenvalue weighted by Gasteiger charge is -2.12.